The fourth-order valence-corrected chi connectivity index (χ4v) is 3.33. The lowest BCUT2D eigenvalue weighted by Crippen LogP contribution is -2.23. The number of aryl methyl sites for hydroxylation is 1. The van der Waals surface area contributed by atoms with E-state index in [1.54, 1.807) is 43.8 Å². The molecule has 0 aliphatic heterocycles. The molecule has 23 heavy (non-hydrogen) atoms. The molecule has 0 radical (unpaired) electrons. The Morgan fingerprint density at radius 3 is 2.74 bits per heavy atom. The van der Waals surface area contributed by atoms with Gasteiger partial charge in [0.1, 0.15) is 0 Å². The van der Waals surface area contributed by atoms with Gasteiger partial charge in [-0.05, 0) is 47.9 Å². The highest BCUT2D eigenvalue weighted by atomic mass is 32.2. The number of carbonyl (C=O) groups is 1. The fourth-order valence-electron chi connectivity index (χ4n) is 2.21. The molecule has 0 saturated heterocycles. The van der Waals surface area contributed by atoms with E-state index in [0.29, 0.717) is 5.75 Å². The molecule has 5 nitrogen and oxygen atoms in total. The molecule has 0 aliphatic carbocycles. The maximum atomic E-state index is 12.5. The molecule has 1 unspecified atom stereocenters. The molecular weight excluding hydrogens is 310 g/mol. The highest BCUT2D eigenvalue weighted by molar-refractivity contribution is 7.90. The number of aromatic nitrogens is 2. The van der Waals surface area contributed by atoms with E-state index < -0.39 is 11.2 Å². The molecule has 1 atom stereocenters. The lowest BCUT2D eigenvalue weighted by Gasteiger charge is -2.16. The van der Waals surface area contributed by atoms with Gasteiger partial charge in [0.05, 0.1) is 18.2 Å². The second-order valence-corrected chi connectivity index (χ2v) is 6.61. The molecule has 1 amide bonds. The Bertz CT molecular complexity index is 667. The minimum Gasteiger partial charge on any atom is -0.611 e. The molecule has 1 heterocycles. The number of amides is 1. The van der Waals surface area contributed by atoms with Crippen molar-refractivity contribution in [3.63, 3.8) is 0 Å². The minimum absolute atomic E-state index is 0.178. The molecule has 1 aromatic carbocycles. The quantitative estimate of drug-likeness (QED) is 0.579. The van der Waals surface area contributed by atoms with Crippen LogP contribution < -0.4 is 4.90 Å². The van der Waals surface area contributed by atoms with Crippen LogP contribution in [0.25, 0.3) is 0 Å². The average molecular weight is 331 g/mol. The summed E-state index contributed by atoms with van der Waals surface area (Å²) in [5, 5.41) is 0. The smallest absolute Gasteiger partial charge is 0.250 e. The largest absolute Gasteiger partial charge is 0.611 e. The van der Waals surface area contributed by atoms with Gasteiger partial charge < -0.3 is 14.0 Å². The first-order chi connectivity index (χ1) is 11.1. The summed E-state index contributed by atoms with van der Waals surface area (Å²) in [6, 6.07) is 7.16. The maximum Gasteiger partial charge on any atom is 0.250 e. The third-order valence-corrected chi connectivity index (χ3v) is 4.89. The Balaban J connectivity index is 2.08. The Hall–Kier alpha value is -2.05. The van der Waals surface area contributed by atoms with Gasteiger partial charge in [0.2, 0.25) is 5.91 Å². The zero-order chi connectivity index (χ0) is 16.8. The number of hydrogen-bond acceptors (Lipinski definition) is 3. The highest BCUT2D eigenvalue weighted by Gasteiger charge is 2.16. The van der Waals surface area contributed by atoms with Crippen LogP contribution in [0, 0.1) is 0 Å². The Morgan fingerprint density at radius 1 is 1.43 bits per heavy atom. The predicted octanol–water partition coefficient (Wildman–Crippen LogP) is 2.75. The van der Waals surface area contributed by atoms with Crippen molar-refractivity contribution in [1.82, 2.24) is 9.55 Å². The molecule has 1 aromatic heterocycles. The molecule has 0 bridgehead atoms. The van der Waals surface area contributed by atoms with Crippen LogP contribution >= 0.6 is 0 Å². The number of likely N-dealkylation sites (N-methyl/N-ethyl adjacent to an activating group) is 1. The molecule has 122 valence electrons. The number of anilines is 1. The van der Waals surface area contributed by atoms with Crippen LogP contribution in [0.1, 0.15) is 19.0 Å². The lowest BCUT2D eigenvalue weighted by molar-refractivity contribution is -0.113. The summed E-state index contributed by atoms with van der Waals surface area (Å²) < 4.78 is 14.5. The average Bonchev–Trinajstić information content (AvgIpc) is 3.01. The van der Waals surface area contributed by atoms with Crippen molar-refractivity contribution >= 4 is 22.8 Å². The van der Waals surface area contributed by atoms with Gasteiger partial charge in [-0.2, -0.15) is 0 Å². The van der Waals surface area contributed by atoms with Crippen LogP contribution in [-0.2, 0) is 28.3 Å². The first-order valence-electron chi connectivity index (χ1n) is 7.44. The van der Waals surface area contributed by atoms with Crippen LogP contribution in [0.4, 0.5) is 5.69 Å². The van der Waals surface area contributed by atoms with Crippen molar-refractivity contribution in [3.05, 3.63) is 55.1 Å². The number of hydrogen-bond donors (Lipinski definition) is 0. The second kappa shape index (κ2) is 7.99. The number of nitrogens with zero attached hydrogens (tertiary/aromatic N) is 3. The van der Waals surface area contributed by atoms with E-state index in [9.17, 15) is 9.35 Å². The van der Waals surface area contributed by atoms with Crippen molar-refractivity contribution in [2.24, 2.45) is 0 Å². The molecule has 0 spiro atoms. The molecular formula is C17H21N3O2S. The Labute approximate surface area is 139 Å². The fraction of sp³-hybridized carbons (Fsp3) is 0.294. The standard InChI is InChI=1S/C17H21N3O2S/c1-4-10-20-13-18-11-15(20)12-23(22)16-8-6-14(7-9-16)19(3)17(21)5-2/h5-9,11,13H,2,4,10,12H2,1,3H3. The van der Waals surface area contributed by atoms with Gasteiger partial charge in [0.25, 0.3) is 0 Å². The van der Waals surface area contributed by atoms with E-state index in [1.165, 1.54) is 11.0 Å². The third kappa shape index (κ3) is 4.24. The van der Waals surface area contributed by atoms with Gasteiger partial charge in [0.15, 0.2) is 10.6 Å². The van der Waals surface area contributed by atoms with Gasteiger partial charge in [-0.25, -0.2) is 4.98 Å². The summed E-state index contributed by atoms with van der Waals surface area (Å²) in [7, 11) is 1.68. The van der Waals surface area contributed by atoms with Crippen molar-refractivity contribution < 1.29 is 9.35 Å². The zero-order valence-corrected chi connectivity index (χ0v) is 14.3. The van der Waals surface area contributed by atoms with E-state index >= 15 is 0 Å². The van der Waals surface area contributed by atoms with Gasteiger partial charge in [-0.3, -0.25) is 4.79 Å². The number of rotatable bonds is 7. The first kappa shape index (κ1) is 17.3. The van der Waals surface area contributed by atoms with Gasteiger partial charge in [-0.1, -0.05) is 13.5 Å². The van der Waals surface area contributed by atoms with Crippen LogP contribution in [-0.4, -0.2) is 27.1 Å². The second-order valence-electron chi connectivity index (χ2n) is 5.16. The van der Waals surface area contributed by atoms with Crippen molar-refractivity contribution in [3.8, 4) is 0 Å². The monoisotopic (exact) mass is 331 g/mol. The summed E-state index contributed by atoms with van der Waals surface area (Å²) in [6.07, 6.45) is 5.81. The zero-order valence-electron chi connectivity index (χ0n) is 13.4. The maximum absolute atomic E-state index is 12.5. The molecule has 0 fully saturated rings. The Morgan fingerprint density at radius 2 is 2.13 bits per heavy atom. The van der Waals surface area contributed by atoms with E-state index in [-0.39, 0.29) is 5.91 Å². The van der Waals surface area contributed by atoms with Gasteiger partial charge in [0, 0.05) is 19.3 Å². The van der Waals surface area contributed by atoms with E-state index in [1.807, 2.05) is 4.57 Å². The van der Waals surface area contributed by atoms with Crippen LogP contribution in [0.5, 0.6) is 0 Å². The van der Waals surface area contributed by atoms with Crippen LogP contribution in [0.15, 0.2) is 54.3 Å². The summed E-state index contributed by atoms with van der Waals surface area (Å²) in [5.41, 5.74) is 1.71. The summed E-state index contributed by atoms with van der Waals surface area (Å²) in [5.74, 6) is 0.253. The minimum atomic E-state index is -1.15. The summed E-state index contributed by atoms with van der Waals surface area (Å²) >= 11 is -1.15. The number of benzene rings is 1. The van der Waals surface area contributed by atoms with E-state index in [2.05, 4.69) is 18.5 Å². The third-order valence-electron chi connectivity index (χ3n) is 3.53. The van der Waals surface area contributed by atoms with Gasteiger partial charge >= 0.3 is 0 Å². The summed E-state index contributed by atoms with van der Waals surface area (Å²) in [6.45, 7) is 6.44. The predicted molar refractivity (Wildman–Crippen MR) is 92.7 cm³/mol. The van der Waals surface area contributed by atoms with E-state index in [0.717, 1.165) is 29.2 Å². The molecule has 0 saturated carbocycles. The van der Waals surface area contributed by atoms with Crippen molar-refractivity contribution in [2.45, 2.75) is 30.5 Å². The van der Waals surface area contributed by atoms with Gasteiger partial charge in [-0.15, -0.1) is 0 Å². The molecule has 6 heteroatoms. The lowest BCUT2D eigenvalue weighted by atomic mass is 10.3. The molecule has 0 N–H and O–H groups in total. The molecule has 2 rings (SSSR count). The molecule has 2 aromatic rings. The van der Waals surface area contributed by atoms with Crippen LogP contribution in [0.3, 0.4) is 0 Å². The number of imidazole rings is 1. The van der Waals surface area contributed by atoms with Crippen molar-refractivity contribution in [1.29, 1.82) is 0 Å². The normalized spacial score (nSPS) is 12.0. The highest BCUT2D eigenvalue weighted by Crippen LogP contribution is 2.21. The van der Waals surface area contributed by atoms with Crippen LogP contribution in [0.2, 0.25) is 0 Å². The number of carbonyl (C=O) groups excluding carboxylic acids is 1. The Kier molecular flexibility index (Phi) is 6.01. The molecule has 0 aliphatic rings. The van der Waals surface area contributed by atoms with Crippen molar-refractivity contribution in [2.75, 3.05) is 11.9 Å². The van der Waals surface area contributed by atoms with E-state index in [4.69, 9.17) is 0 Å². The topological polar surface area (TPSA) is 61.2 Å². The first-order valence-corrected chi connectivity index (χ1v) is 8.76. The summed E-state index contributed by atoms with van der Waals surface area (Å²) in [4.78, 5) is 17.9. The SMILES string of the molecule is C=CC(=O)N(C)c1ccc([S+]([O-])Cc2cncn2CCC)cc1.